The second-order valence-electron chi connectivity index (χ2n) is 6.70. The molecule has 8 nitrogen and oxygen atoms in total. The molecular weight excluding hydrogens is 316 g/mol. The van der Waals surface area contributed by atoms with Crippen molar-refractivity contribution < 1.29 is 36.3 Å². The Balaban J connectivity index is 1.81. The van der Waals surface area contributed by atoms with Crippen molar-refractivity contribution in [2.45, 2.75) is 70.0 Å². The lowest BCUT2D eigenvalue weighted by molar-refractivity contribution is -0.230. The first-order valence-electron chi connectivity index (χ1n) is 7.17. The molecule has 3 heterocycles. The standard InChI is InChI=1S/C13H22O8S/c1-12(2)16-6-7(18-12)8-9(21-22(5,14)15)10-11(17-8)20-13(3,4)19-10/h7-11H,6H2,1-5H3/t7-,8-,9+,10-,11-/m1/s1. The lowest BCUT2D eigenvalue weighted by Gasteiger charge is -2.28. The van der Waals surface area contributed by atoms with Crippen LogP contribution in [0.2, 0.25) is 0 Å². The van der Waals surface area contributed by atoms with Crippen LogP contribution in [0.3, 0.4) is 0 Å². The van der Waals surface area contributed by atoms with Crippen LogP contribution in [0.15, 0.2) is 0 Å². The van der Waals surface area contributed by atoms with E-state index >= 15 is 0 Å². The van der Waals surface area contributed by atoms with Crippen molar-refractivity contribution in [2.75, 3.05) is 12.9 Å². The molecule has 0 amide bonds. The van der Waals surface area contributed by atoms with Gasteiger partial charge in [-0.25, -0.2) is 0 Å². The Hall–Kier alpha value is -0.290. The van der Waals surface area contributed by atoms with Crippen LogP contribution in [0.1, 0.15) is 27.7 Å². The van der Waals surface area contributed by atoms with E-state index in [4.69, 9.17) is 27.9 Å². The quantitative estimate of drug-likeness (QED) is 0.682. The average Bonchev–Trinajstić information content (AvgIpc) is 2.89. The highest BCUT2D eigenvalue weighted by atomic mass is 32.2. The number of ether oxygens (including phenoxy) is 5. The fourth-order valence-corrected chi connectivity index (χ4v) is 3.61. The van der Waals surface area contributed by atoms with E-state index in [1.165, 1.54) is 0 Å². The monoisotopic (exact) mass is 338 g/mol. The second-order valence-corrected chi connectivity index (χ2v) is 8.30. The van der Waals surface area contributed by atoms with Gasteiger partial charge < -0.3 is 23.7 Å². The highest BCUT2D eigenvalue weighted by molar-refractivity contribution is 7.86. The van der Waals surface area contributed by atoms with Crippen molar-refractivity contribution in [1.29, 1.82) is 0 Å². The molecule has 3 saturated heterocycles. The van der Waals surface area contributed by atoms with E-state index in [9.17, 15) is 8.42 Å². The molecule has 3 aliphatic rings. The van der Waals surface area contributed by atoms with Crippen LogP contribution in [0.25, 0.3) is 0 Å². The maximum absolute atomic E-state index is 11.6. The van der Waals surface area contributed by atoms with E-state index in [0.717, 1.165) is 6.26 Å². The second kappa shape index (κ2) is 5.10. The van der Waals surface area contributed by atoms with Gasteiger partial charge in [-0.2, -0.15) is 8.42 Å². The number of rotatable bonds is 3. The zero-order valence-corrected chi connectivity index (χ0v) is 14.1. The van der Waals surface area contributed by atoms with E-state index in [0.29, 0.717) is 0 Å². The third-order valence-electron chi connectivity index (χ3n) is 3.71. The molecule has 3 rings (SSSR count). The van der Waals surface area contributed by atoms with Gasteiger partial charge in [0, 0.05) is 0 Å². The van der Waals surface area contributed by atoms with Gasteiger partial charge in [0.15, 0.2) is 17.9 Å². The molecule has 0 aromatic carbocycles. The maximum Gasteiger partial charge on any atom is 0.264 e. The number of fused-ring (bicyclic) bond motifs is 1. The summed E-state index contributed by atoms with van der Waals surface area (Å²) in [5, 5.41) is 0. The Bertz CT molecular complexity index is 542. The summed E-state index contributed by atoms with van der Waals surface area (Å²) < 4.78 is 56.8. The molecule has 9 heteroatoms. The van der Waals surface area contributed by atoms with Crippen LogP contribution in [0, 0.1) is 0 Å². The topological polar surface area (TPSA) is 89.5 Å². The smallest absolute Gasteiger partial charge is 0.264 e. The predicted octanol–water partition coefficient (Wildman–Crippen LogP) is 0.359. The van der Waals surface area contributed by atoms with Crippen LogP contribution in [-0.2, 0) is 38.0 Å². The molecule has 0 N–H and O–H groups in total. The van der Waals surface area contributed by atoms with Gasteiger partial charge in [-0.05, 0) is 27.7 Å². The summed E-state index contributed by atoms with van der Waals surface area (Å²) in [6.07, 6.45) is -2.29. The minimum absolute atomic E-state index is 0.282. The highest BCUT2D eigenvalue weighted by Gasteiger charge is 2.59. The SMILES string of the molecule is CC1(C)O[C@H]2O[C@H]([C@H]3COC(C)(C)O3)[C@H](OS(C)(=O)=O)[C@H]2O1. The zero-order valence-electron chi connectivity index (χ0n) is 13.3. The Kier molecular flexibility index (Phi) is 3.84. The van der Waals surface area contributed by atoms with Crippen molar-refractivity contribution in [1.82, 2.24) is 0 Å². The Labute approximate surface area is 130 Å². The maximum atomic E-state index is 11.6. The summed E-state index contributed by atoms with van der Waals surface area (Å²) in [6.45, 7) is 7.32. The summed E-state index contributed by atoms with van der Waals surface area (Å²) in [6, 6.07) is 0. The predicted molar refractivity (Wildman–Crippen MR) is 73.3 cm³/mol. The first-order valence-corrected chi connectivity index (χ1v) is 8.99. The van der Waals surface area contributed by atoms with Crippen LogP contribution >= 0.6 is 0 Å². The van der Waals surface area contributed by atoms with Crippen molar-refractivity contribution in [3.63, 3.8) is 0 Å². The van der Waals surface area contributed by atoms with Crippen molar-refractivity contribution >= 4 is 10.1 Å². The molecule has 0 aromatic rings. The molecule has 0 aromatic heterocycles. The summed E-state index contributed by atoms with van der Waals surface area (Å²) >= 11 is 0. The molecule has 0 radical (unpaired) electrons. The van der Waals surface area contributed by atoms with Crippen molar-refractivity contribution in [3.05, 3.63) is 0 Å². The molecule has 0 spiro atoms. The lowest BCUT2D eigenvalue weighted by atomic mass is 10.1. The van der Waals surface area contributed by atoms with E-state index < -0.39 is 52.4 Å². The number of hydrogen-bond donors (Lipinski definition) is 0. The van der Waals surface area contributed by atoms with Gasteiger partial charge in [0.1, 0.15) is 24.4 Å². The third-order valence-corrected chi connectivity index (χ3v) is 4.28. The molecule has 0 bridgehead atoms. The van der Waals surface area contributed by atoms with Crippen LogP contribution in [0.4, 0.5) is 0 Å². The molecule has 0 unspecified atom stereocenters. The molecular formula is C13H22O8S. The molecule has 5 atom stereocenters. The molecule has 3 fully saturated rings. The van der Waals surface area contributed by atoms with Crippen molar-refractivity contribution in [3.8, 4) is 0 Å². The Morgan fingerprint density at radius 1 is 1.00 bits per heavy atom. The van der Waals surface area contributed by atoms with Crippen LogP contribution < -0.4 is 0 Å². The Morgan fingerprint density at radius 2 is 1.68 bits per heavy atom. The fraction of sp³-hybridized carbons (Fsp3) is 1.00. The minimum Gasteiger partial charge on any atom is -0.348 e. The first kappa shape index (κ1) is 16.6. The van der Waals surface area contributed by atoms with Gasteiger partial charge in [-0.15, -0.1) is 0 Å². The van der Waals surface area contributed by atoms with E-state index in [1.54, 1.807) is 27.7 Å². The van der Waals surface area contributed by atoms with Gasteiger partial charge in [0.05, 0.1) is 12.9 Å². The molecule has 128 valence electrons. The van der Waals surface area contributed by atoms with Gasteiger partial charge in [-0.3, -0.25) is 4.18 Å². The normalized spacial score (nSPS) is 43.4. The minimum atomic E-state index is -3.69. The van der Waals surface area contributed by atoms with Gasteiger partial charge in [-0.1, -0.05) is 0 Å². The Morgan fingerprint density at radius 3 is 2.23 bits per heavy atom. The number of hydrogen-bond acceptors (Lipinski definition) is 8. The summed E-state index contributed by atoms with van der Waals surface area (Å²) in [5.41, 5.74) is 0. The molecule has 3 aliphatic heterocycles. The average molecular weight is 338 g/mol. The largest absolute Gasteiger partial charge is 0.348 e. The van der Waals surface area contributed by atoms with Gasteiger partial charge in [0.2, 0.25) is 0 Å². The van der Waals surface area contributed by atoms with E-state index in [2.05, 4.69) is 0 Å². The van der Waals surface area contributed by atoms with E-state index in [1.807, 2.05) is 0 Å². The summed E-state index contributed by atoms with van der Waals surface area (Å²) in [4.78, 5) is 0. The van der Waals surface area contributed by atoms with Gasteiger partial charge in [0.25, 0.3) is 10.1 Å². The van der Waals surface area contributed by atoms with E-state index in [-0.39, 0.29) is 6.61 Å². The molecule has 22 heavy (non-hydrogen) atoms. The summed E-state index contributed by atoms with van der Waals surface area (Å²) in [5.74, 6) is -1.60. The highest BCUT2D eigenvalue weighted by Crippen LogP contribution is 2.42. The van der Waals surface area contributed by atoms with Crippen molar-refractivity contribution in [2.24, 2.45) is 0 Å². The summed E-state index contributed by atoms with van der Waals surface area (Å²) in [7, 11) is -3.69. The first-order chi connectivity index (χ1) is 9.96. The third kappa shape index (κ3) is 3.30. The molecule has 0 aliphatic carbocycles. The zero-order chi connectivity index (χ0) is 16.3. The lowest BCUT2D eigenvalue weighted by Crippen LogP contribution is -2.45. The van der Waals surface area contributed by atoms with Gasteiger partial charge >= 0.3 is 0 Å². The van der Waals surface area contributed by atoms with Crippen LogP contribution in [-0.4, -0.2) is 63.6 Å². The fourth-order valence-electron chi connectivity index (χ4n) is 2.99. The molecule has 0 saturated carbocycles. The van der Waals surface area contributed by atoms with Crippen LogP contribution in [0.5, 0.6) is 0 Å².